The smallest absolute Gasteiger partial charge is 0.0205 e. The van der Waals surface area contributed by atoms with Crippen LogP contribution in [0.2, 0.25) is 0 Å². The number of halogens is 1. The second-order valence-electron chi connectivity index (χ2n) is 5.93. The molecule has 16 heavy (non-hydrogen) atoms. The molecule has 1 aromatic rings. The van der Waals surface area contributed by atoms with Crippen molar-refractivity contribution in [3.8, 4) is 0 Å². The number of aryl methyl sites for hydroxylation is 1. The van der Waals surface area contributed by atoms with Crippen LogP contribution < -0.4 is 0 Å². The maximum absolute atomic E-state index is 3.85. The summed E-state index contributed by atoms with van der Waals surface area (Å²) in [6.07, 6.45) is 2.55. The summed E-state index contributed by atoms with van der Waals surface area (Å²) in [6.45, 7) is 9.34. The van der Waals surface area contributed by atoms with E-state index in [9.17, 15) is 0 Å². The average molecular weight is 281 g/mol. The predicted molar refractivity (Wildman–Crippen MR) is 74.3 cm³/mol. The molecule has 1 aromatic carbocycles. The molecule has 0 radical (unpaired) electrons. The van der Waals surface area contributed by atoms with E-state index in [0.717, 1.165) is 0 Å². The van der Waals surface area contributed by atoms with Crippen LogP contribution in [0.5, 0.6) is 0 Å². The first-order valence-electron chi connectivity index (χ1n) is 6.09. The summed E-state index contributed by atoms with van der Waals surface area (Å²) in [4.78, 5) is 0.631. The molecular weight excluding hydrogens is 260 g/mol. The fourth-order valence-electron chi connectivity index (χ4n) is 2.88. The number of hydrogen-bond acceptors (Lipinski definition) is 0. The van der Waals surface area contributed by atoms with E-state index in [-0.39, 0.29) is 0 Å². The molecule has 0 N–H and O–H groups in total. The minimum absolute atomic E-state index is 0.300. The van der Waals surface area contributed by atoms with Crippen molar-refractivity contribution < 1.29 is 0 Å². The first-order chi connectivity index (χ1) is 7.38. The second-order valence-corrected chi connectivity index (χ2v) is 7.03. The SMILES string of the molecule is Cc1ccc(C2(C)CCC(Br)C2(C)C)cc1. The molecule has 2 rings (SSSR count). The van der Waals surface area contributed by atoms with Gasteiger partial charge in [0.05, 0.1) is 0 Å². The van der Waals surface area contributed by atoms with Crippen molar-refractivity contribution in [1.29, 1.82) is 0 Å². The molecule has 88 valence electrons. The Kier molecular flexibility index (Phi) is 2.94. The van der Waals surface area contributed by atoms with Gasteiger partial charge in [-0.05, 0) is 36.2 Å². The molecular formula is C15H21Br. The van der Waals surface area contributed by atoms with Crippen molar-refractivity contribution in [2.75, 3.05) is 0 Å². The molecule has 1 fully saturated rings. The third-order valence-electron chi connectivity index (χ3n) is 4.79. The summed E-state index contributed by atoms with van der Waals surface area (Å²) in [5.41, 5.74) is 3.46. The van der Waals surface area contributed by atoms with Crippen molar-refractivity contribution in [2.24, 2.45) is 5.41 Å². The predicted octanol–water partition coefficient (Wildman–Crippen LogP) is 4.84. The summed E-state index contributed by atoms with van der Waals surface area (Å²) in [5, 5.41) is 0. The van der Waals surface area contributed by atoms with E-state index in [1.54, 1.807) is 0 Å². The van der Waals surface area contributed by atoms with Gasteiger partial charge in [-0.2, -0.15) is 0 Å². The third-order valence-corrected chi connectivity index (χ3v) is 6.39. The topological polar surface area (TPSA) is 0 Å². The maximum Gasteiger partial charge on any atom is 0.0205 e. The van der Waals surface area contributed by atoms with Crippen molar-refractivity contribution in [3.05, 3.63) is 35.4 Å². The van der Waals surface area contributed by atoms with Crippen molar-refractivity contribution >= 4 is 15.9 Å². The lowest BCUT2D eigenvalue weighted by Crippen LogP contribution is -2.38. The number of hydrogen-bond donors (Lipinski definition) is 0. The standard InChI is InChI=1S/C15H21Br/c1-11-5-7-12(8-6-11)15(4)10-9-13(16)14(15,2)3/h5-8,13H,9-10H2,1-4H3. The second kappa shape index (κ2) is 3.87. The van der Waals surface area contributed by atoms with E-state index >= 15 is 0 Å². The normalized spacial score (nSPS) is 32.9. The van der Waals surface area contributed by atoms with E-state index in [1.807, 2.05) is 0 Å². The lowest BCUT2D eigenvalue weighted by molar-refractivity contribution is 0.233. The van der Waals surface area contributed by atoms with Gasteiger partial charge in [0, 0.05) is 4.83 Å². The largest absolute Gasteiger partial charge is 0.0885 e. The van der Waals surface area contributed by atoms with Crippen molar-refractivity contribution in [1.82, 2.24) is 0 Å². The molecule has 1 heteroatoms. The zero-order valence-electron chi connectivity index (χ0n) is 10.7. The lowest BCUT2D eigenvalue weighted by Gasteiger charge is -2.41. The molecule has 0 spiro atoms. The van der Waals surface area contributed by atoms with Gasteiger partial charge >= 0.3 is 0 Å². The Bertz CT molecular complexity index is 377. The van der Waals surface area contributed by atoms with Crippen molar-refractivity contribution in [3.63, 3.8) is 0 Å². The summed E-state index contributed by atoms with van der Waals surface area (Å²) < 4.78 is 0. The minimum atomic E-state index is 0.300. The monoisotopic (exact) mass is 280 g/mol. The Hall–Kier alpha value is -0.300. The van der Waals surface area contributed by atoms with Crippen LogP contribution >= 0.6 is 15.9 Å². The van der Waals surface area contributed by atoms with E-state index in [2.05, 4.69) is 67.9 Å². The van der Waals surface area contributed by atoms with Gasteiger partial charge in [-0.15, -0.1) is 0 Å². The van der Waals surface area contributed by atoms with Crippen LogP contribution in [0.4, 0.5) is 0 Å². The molecule has 1 aliphatic carbocycles. The molecule has 0 bridgehead atoms. The molecule has 0 amide bonds. The highest BCUT2D eigenvalue weighted by Gasteiger charge is 2.51. The van der Waals surface area contributed by atoms with E-state index in [0.29, 0.717) is 15.7 Å². The first kappa shape index (κ1) is 12.2. The number of alkyl halides is 1. The first-order valence-corrected chi connectivity index (χ1v) is 7.01. The zero-order chi connectivity index (χ0) is 12.0. The van der Waals surface area contributed by atoms with E-state index < -0.39 is 0 Å². The Morgan fingerprint density at radius 2 is 1.69 bits per heavy atom. The Labute approximate surface area is 108 Å². The van der Waals surface area contributed by atoms with Crippen LogP contribution in [0.3, 0.4) is 0 Å². The lowest BCUT2D eigenvalue weighted by atomic mass is 9.65. The quantitative estimate of drug-likeness (QED) is 0.646. The fourth-order valence-corrected chi connectivity index (χ4v) is 3.62. The van der Waals surface area contributed by atoms with E-state index in [1.165, 1.54) is 24.0 Å². The number of benzene rings is 1. The van der Waals surface area contributed by atoms with Gasteiger partial charge in [-0.1, -0.05) is 66.5 Å². The summed E-state index contributed by atoms with van der Waals surface area (Å²) in [6, 6.07) is 9.08. The van der Waals surface area contributed by atoms with Gasteiger partial charge in [0.2, 0.25) is 0 Å². The molecule has 0 saturated heterocycles. The van der Waals surface area contributed by atoms with Gasteiger partial charge in [0.25, 0.3) is 0 Å². The molecule has 0 aliphatic heterocycles. The highest BCUT2D eigenvalue weighted by Crippen LogP contribution is 2.56. The third kappa shape index (κ3) is 1.64. The molecule has 0 aromatic heterocycles. The average Bonchev–Trinajstić information content (AvgIpc) is 2.44. The van der Waals surface area contributed by atoms with Crippen LogP contribution in [-0.2, 0) is 5.41 Å². The van der Waals surface area contributed by atoms with Gasteiger partial charge in [-0.3, -0.25) is 0 Å². The van der Waals surface area contributed by atoms with Crippen LogP contribution in [0.1, 0.15) is 44.7 Å². The molecule has 1 saturated carbocycles. The van der Waals surface area contributed by atoms with Gasteiger partial charge in [-0.25, -0.2) is 0 Å². The molecule has 0 nitrogen and oxygen atoms in total. The van der Waals surface area contributed by atoms with Gasteiger partial charge < -0.3 is 0 Å². The van der Waals surface area contributed by atoms with Crippen LogP contribution in [0.25, 0.3) is 0 Å². The van der Waals surface area contributed by atoms with E-state index in [4.69, 9.17) is 0 Å². The Balaban J connectivity index is 2.43. The fraction of sp³-hybridized carbons (Fsp3) is 0.600. The zero-order valence-corrected chi connectivity index (χ0v) is 12.3. The maximum atomic E-state index is 3.85. The molecule has 2 atom stereocenters. The summed E-state index contributed by atoms with van der Waals surface area (Å²) in [5.74, 6) is 0. The molecule has 0 heterocycles. The highest BCUT2D eigenvalue weighted by molar-refractivity contribution is 9.09. The highest BCUT2D eigenvalue weighted by atomic mass is 79.9. The number of rotatable bonds is 1. The molecule has 1 aliphatic rings. The summed E-state index contributed by atoms with van der Waals surface area (Å²) >= 11 is 3.85. The Morgan fingerprint density at radius 3 is 2.12 bits per heavy atom. The van der Waals surface area contributed by atoms with Crippen LogP contribution in [0, 0.1) is 12.3 Å². The van der Waals surface area contributed by atoms with Crippen LogP contribution in [-0.4, -0.2) is 4.83 Å². The molecule has 2 unspecified atom stereocenters. The van der Waals surface area contributed by atoms with Gasteiger partial charge in [0.1, 0.15) is 0 Å². The Morgan fingerprint density at radius 1 is 1.12 bits per heavy atom. The van der Waals surface area contributed by atoms with Crippen molar-refractivity contribution in [2.45, 2.75) is 50.8 Å². The summed E-state index contributed by atoms with van der Waals surface area (Å²) in [7, 11) is 0. The van der Waals surface area contributed by atoms with Gasteiger partial charge in [0.15, 0.2) is 0 Å². The minimum Gasteiger partial charge on any atom is -0.0885 e. The van der Waals surface area contributed by atoms with Crippen LogP contribution in [0.15, 0.2) is 24.3 Å².